The average molecular weight is 286 g/mol. The van der Waals surface area contributed by atoms with E-state index >= 15 is 0 Å². The van der Waals surface area contributed by atoms with Crippen molar-refractivity contribution in [3.63, 3.8) is 0 Å². The summed E-state index contributed by atoms with van der Waals surface area (Å²) in [4.78, 5) is 0. The highest BCUT2D eigenvalue weighted by Gasteiger charge is 1.98. The number of rotatable bonds is 2. The van der Waals surface area contributed by atoms with Gasteiger partial charge in [0.25, 0.3) is 0 Å². The molecule has 22 heavy (non-hydrogen) atoms. The van der Waals surface area contributed by atoms with Crippen molar-refractivity contribution in [1.82, 2.24) is 0 Å². The van der Waals surface area contributed by atoms with E-state index in [1.165, 1.54) is 11.1 Å². The molecule has 0 aromatic heterocycles. The van der Waals surface area contributed by atoms with E-state index in [9.17, 15) is 0 Å². The van der Waals surface area contributed by atoms with Crippen LogP contribution in [0.1, 0.15) is 61.8 Å². The van der Waals surface area contributed by atoms with Crippen LogP contribution in [0.25, 0.3) is 0 Å². The molecule has 0 amide bonds. The molecule has 2 rings (SSSR count). The second-order valence-electron chi connectivity index (χ2n) is 6.06. The van der Waals surface area contributed by atoms with Gasteiger partial charge < -0.3 is 0 Å². The van der Waals surface area contributed by atoms with Gasteiger partial charge in [0.2, 0.25) is 0 Å². The zero-order valence-electron chi connectivity index (χ0n) is 13.8. The smallest absolute Gasteiger partial charge is 0.0258 e. The van der Waals surface area contributed by atoms with E-state index in [0.29, 0.717) is 11.8 Å². The fraction of sp³-hybridized carbons (Fsp3) is 0.273. The van der Waals surface area contributed by atoms with E-state index in [4.69, 9.17) is 0 Å². The van der Waals surface area contributed by atoms with Crippen LogP contribution in [0.4, 0.5) is 0 Å². The van der Waals surface area contributed by atoms with Gasteiger partial charge in [-0.15, -0.1) is 0 Å². The van der Waals surface area contributed by atoms with Crippen LogP contribution in [-0.4, -0.2) is 0 Å². The van der Waals surface area contributed by atoms with Crippen molar-refractivity contribution in [2.75, 3.05) is 0 Å². The maximum atomic E-state index is 3.12. The third-order valence-electron chi connectivity index (χ3n) is 3.58. The molecule has 0 unspecified atom stereocenters. The zero-order chi connectivity index (χ0) is 15.9. The fourth-order valence-corrected chi connectivity index (χ4v) is 2.16. The number of benzene rings is 2. The van der Waals surface area contributed by atoms with E-state index in [0.717, 1.165) is 11.1 Å². The van der Waals surface area contributed by atoms with E-state index in [2.05, 4.69) is 87.8 Å². The van der Waals surface area contributed by atoms with Gasteiger partial charge >= 0.3 is 0 Å². The zero-order valence-corrected chi connectivity index (χ0v) is 13.8. The summed E-state index contributed by atoms with van der Waals surface area (Å²) < 4.78 is 0. The maximum Gasteiger partial charge on any atom is 0.0258 e. The van der Waals surface area contributed by atoms with Gasteiger partial charge in [-0.3, -0.25) is 0 Å². The Labute approximate surface area is 134 Å². The highest BCUT2D eigenvalue weighted by atomic mass is 14.0. The predicted molar refractivity (Wildman–Crippen MR) is 94.8 cm³/mol. The third kappa shape index (κ3) is 4.54. The lowest BCUT2D eigenvalue weighted by atomic mass is 10.0. The Morgan fingerprint density at radius 3 is 1.41 bits per heavy atom. The highest BCUT2D eigenvalue weighted by Crippen LogP contribution is 2.15. The molecule has 0 radical (unpaired) electrons. The van der Waals surface area contributed by atoms with Crippen molar-refractivity contribution in [2.45, 2.75) is 39.5 Å². The van der Waals surface area contributed by atoms with Gasteiger partial charge in [-0.2, -0.15) is 0 Å². The Balaban J connectivity index is 2.15. The van der Waals surface area contributed by atoms with Crippen molar-refractivity contribution in [3.05, 3.63) is 70.8 Å². The molecule has 0 saturated heterocycles. The Morgan fingerprint density at radius 2 is 1.05 bits per heavy atom. The molecule has 0 N–H and O–H groups in total. The van der Waals surface area contributed by atoms with Crippen molar-refractivity contribution in [3.8, 4) is 23.7 Å². The normalized spacial score (nSPS) is 9.91. The van der Waals surface area contributed by atoms with Gasteiger partial charge in [-0.05, 0) is 59.1 Å². The molecule has 0 spiro atoms. The molecule has 0 saturated carbocycles. The molecule has 0 nitrogen and oxygen atoms in total. The lowest BCUT2D eigenvalue weighted by molar-refractivity contribution is 0.866. The molecular weight excluding hydrogens is 264 g/mol. The van der Waals surface area contributed by atoms with E-state index in [1.807, 2.05) is 12.1 Å². The van der Waals surface area contributed by atoms with Crippen molar-refractivity contribution >= 4 is 0 Å². The highest BCUT2D eigenvalue weighted by molar-refractivity contribution is 5.46. The first kappa shape index (κ1) is 15.9. The molecule has 0 aliphatic heterocycles. The van der Waals surface area contributed by atoms with Gasteiger partial charge in [-0.1, -0.05) is 63.8 Å². The summed E-state index contributed by atoms with van der Waals surface area (Å²) in [6, 6.07) is 16.7. The second kappa shape index (κ2) is 7.53. The minimum Gasteiger partial charge on any atom is -0.0607 e. The summed E-state index contributed by atoms with van der Waals surface area (Å²) in [5.74, 6) is 13.2. The molecule has 0 aliphatic carbocycles. The van der Waals surface area contributed by atoms with Crippen molar-refractivity contribution in [2.24, 2.45) is 0 Å². The second-order valence-corrected chi connectivity index (χ2v) is 6.06. The van der Waals surface area contributed by atoms with Crippen LogP contribution in [0.5, 0.6) is 0 Å². The lowest BCUT2D eigenvalue weighted by Gasteiger charge is -2.04. The Morgan fingerprint density at radius 1 is 0.636 bits per heavy atom. The minimum atomic E-state index is 0.520. The number of hydrogen-bond acceptors (Lipinski definition) is 0. The molecule has 110 valence electrons. The van der Waals surface area contributed by atoms with Crippen molar-refractivity contribution in [1.29, 1.82) is 0 Å². The summed E-state index contributed by atoms with van der Waals surface area (Å²) >= 11 is 0. The molecular formula is C22H22. The van der Waals surface area contributed by atoms with Gasteiger partial charge in [0, 0.05) is 11.1 Å². The van der Waals surface area contributed by atoms with Gasteiger partial charge in [0.1, 0.15) is 0 Å². The quantitative estimate of drug-likeness (QED) is 0.654. The Bertz CT molecular complexity index is 688. The summed E-state index contributed by atoms with van der Waals surface area (Å²) in [5.41, 5.74) is 4.67. The maximum absolute atomic E-state index is 3.12. The molecule has 0 fully saturated rings. The van der Waals surface area contributed by atoms with Crippen LogP contribution in [0.3, 0.4) is 0 Å². The summed E-state index contributed by atoms with van der Waals surface area (Å²) in [6.45, 7) is 8.75. The topological polar surface area (TPSA) is 0 Å². The molecule has 0 heteroatoms. The van der Waals surface area contributed by atoms with Crippen LogP contribution in [-0.2, 0) is 0 Å². The van der Waals surface area contributed by atoms with Crippen molar-refractivity contribution < 1.29 is 0 Å². The predicted octanol–water partition coefficient (Wildman–Crippen LogP) is 5.34. The molecule has 0 heterocycles. The summed E-state index contributed by atoms with van der Waals surface area (Å²) in [6.07, 6.45) is 0. The van der Waals surface area contributed by atoms with Gasteiger partial charge in [0.05, 0.1) is 0 Å². The van der Waals surface area contributed by atoms with Gasteiger partial charge in [0.15, 0.2) is 0 Å². The molecule has 2 aromatic rings. The molecule has 0 aliphatic rings. The van der Waals surface area contributed by atoms with E-state index in [-0.39, 0.29) is 0 Å². The standard InChI is InChI=1S/C22H22/c1-17(2)21-13-7-11-19(15-21)9-5-6-10-20-12-8-14-22(16-20)18(3)4/h7-8,11-18H,1-4H3. The van der Waals surface area contributed by atoms with Crippen LogP contribution in [0.15, 0.2) is 48.5 Å². The van der Waals surface area contributed by atoms with E-state index < -0.39 is 0 Å². The van der Waals surface area contributed by atoms with Crippen LogP contribution in [0.2, 0.25) is 0 Å². The first-order valence-corrected chi connectivity index (χ1v) is 7.78. The van der Waals surface area contributed by atoms with Crippen LogP contribution < -0.4 is 0 Å². The first-order valence-electron chi connectivity index (χ1n) is 7.78. The Hall–Kier alpha value is -2.44. The fourth-order valence-electron chi connectivity index (χ4n) is 2.16. The molecule has 2 aromatic carbocycles. The van der Waals surface area contributed by atoms with Crippen LogP contribution in [0, 0.1) is 23.7 Å². The number of hydrogen-bond donors (Lipinski definition) is 0. The molecule has 0 bridgehead atoms. The molecule has 0 atom stereocenters. The summed E-state index contributed by atoms with van der Waals surface area (Å²) in [5, 5.41) is 0. The minimum absolute atomic E-state index is 0.520. The summed E-state index contributed by atoms with van der Waals surface area (Å²) in [7, 11) is 0. The first-order chi connectivity index (χ1) is 10.6. The van der Waals surface area contributed by atoms with E-state index in [1.54, 1.807) is 0 Å². The SMILES string of the molecule is CC(C)c1cccc(C#CC#Cc2cccc(C(C)C)c2)c1. The third-order valence-corrected chi connectivity index (χ3v) is 3.58. The monoisotopic (exact) mass is 286 g/mol. The Kier molecular flexibility index (Phi) is 5.46. The average Bonchev–Trinajstić information content (AvgIpc) is 2.52. The van der Waals surface area contributed by atoms with Crippen LogP contribution >= 0.6 is 0 Å². The largest absolute Gasteiger partial charge is 0.0607 e. The van der Waals surface area contributed by atoms with Gasteiger partial charge in [-0.25, -0.2) is 0 Å². The lowest BCUT2D eigenvalue weighted by Crippen LogP contribution is -1.87.